The van der Waals surface area contributed by atoms with Gasteiger partial charge in [0.05, 0.1) is 30.2 Å². The molecule has 1 aliphatic rings. The number of aromatic nitrogens is 3. The van der Waals surface area contributed by atoms with Crippen molar-refractivity contribution in [1.82, 2.24) is 24.8 Å². The van der Waals surface area contributed by atoms with Gasteiger partial charge in [-0.05, 0) is 24.6 Å². The van der Waals surface area contributed by atoms with Crippen LogP contribution in [-0.4, -0.2) is 69.9 Å². The summed E-state index contributed by atoms with van der Waals surface area (Å²) in [6.45, 7) is 1.23. The minimum Gasteiger partial charge on any atom is -0.337 e. The number of carbonyl (C=O) groups excluding carboxylic acids is 1. The topological polar surface area (TPSA) is 54.3 Å². The zero-order chi connectivity index (χ0) is 17.8. The molecule has 0 spiro atoms. The van der Waals surface area contributed by atoms with Gasteiger partial charge < -0.3 is 4.90 Å². The molecule has 1 aromatic carbocycles. The third kappa shape index (κ3) is 4.16. The van der Waals surface area contributed by atoms with Gasteiger partial charge >= 0.3 is 0 Å². The van der Waals surface area contributed by atoms with Gasteiger partial charge in [0, 0.05) is 26.2 Å². The molecular formula is C16H18F3N5O. The molecule has 9 heteroatoms. The van der Waals surface area contributed by atoms with Gasteiger partial charge in [0.25, 0.3) is 12.3 Å². The number of rotatable bonds is 4. The molecule has 0 unspecified atom stereocenters. The van der Waals surface area contributed by atoms with Gasteiger partial charge in [-0.2, -0.15) is 0 Å². The van der Waals surface area contributed by atoms with Crippen molar-refractivity contribution < 1.29 is 18.0 Å². The van der Waals surface area contributed by atoms with E-state index in [2.05, 4.69) is 10.3 Å². The average Bonchev–Trinajstić information content (AvgIpc) is 3.02. The van der Waals surface area contributed by atoms with E-state index < -0.39 is 18.1 Å². The average molecular weight is 353 g/mol. The van der Waals surface area contributed by atoms with E-state index in [-0.39, 0.29) is 12.1 Å². The van der Waals surface area contributed by atoms with Gasteiger partial charge in [0.15, 0.2) is 0 Å². The standard InChI is InChI=1S/C16H18F3N5O/c17-14-3-2-12(24-7-4-20-21-24)10-13(14)16(25)23-6-1-5-22(8-9-23)11-15(18)19/h2-4,7,10,15H,1,5-6,8-9,11H2. The molecule has 0 aliphatic carbocycles. The molecule has 2 heterocycles. The molecule has 6 nitrogen and oxygen atoms in total. The predicted octanol–water partition coefficient (Wildman–Crippen LogP) is 1.82. The summed E-state index contributed by atoms with van der Waals surface area (Å²) >= 11 is 0. The van der Waals surface area contributed by atoms with Gasteiger partial charge in [0.1, 0.15) is 5.82 Å². The van der Waals surface area contributed by atoms with Crippen LogP contribution in [0.25, 0.3) is 5.69 Å². The van der Waals surface area contributed by atoms with Crippen LogP contribution in [0.3, 0.4) is 0 Å². The number of hydrogen-bond donors (Lipinski definition) is 0. The van der Waals surface area contributed by atoms with Crippen molar-refractivity contribution in [3.05, 3.63) is 42.0 Å². The molecule has 0 saturated carbocycles. The molecular weight excluding hydrogens is 335 g/mol. The summed E-state index contributed by atoms with van der Waals surface area (Å²) in [5.74, 6) is -1.07. The zero-order valence-corrected chi connectivity index (χ0v) is 13.5. The Morgan fingerprint density at radius 1 is 1.20 bits per heavy atom. The Hall–Kier alpha value is -2.42. The fourth-order valence-corrected chi connectivity index (χ4v) is 2.89. The first-order valence-corrected chi connectivity index (χ1v) is 8.00. The third-order valence-electron chi connectivity index (χ3n) is 4.14. The van der Waals surface area contributed by atoms with E-state index in [1.165, 1.54) is 34.0 Å². The Labute approximate surface area is 142 Å². The van der Waals surface area contributed by atoms with Crippen LogP contribution in [-0.2, 0) is 0 Å². The first-order chi connectivity index (χ1) is 12.0. The van der Waals surface area contributed by atoms with E-state index in [1.54, 1.807) is 11.1 Å². The Kier molecular flexibility index (Phi) is 5.32. The van der Waals surface area contributed by atoms with Crippen LogP contribution in [0, 0.1) is 5.82 Å². The van der Waals surface area contributed by atoms with E-state index >= 15 is 0 Å². The lowest BCUT2D eigenvalue weighted by Gasteiger charge is -2.22. The lowest BCUT2D eigenvalue weighted by Crippen LogP contribution is -2.36. The van der Waals surface area contributed by atoms with E-state index in [9.17, 15) is 18.0 Å². The number of amides is 1. The largest absolute Gasteiger partial charge is 0.337 e. The van der Waals surface area contributed by atoms with Crippen LogP contribution in [0.4, 0.5) is 13.2 Å². The van der Waals surface area contributed by atoms with Crippen LogP contribution in [0.5, 0.6) is 0 Å². The molecule has 1 saturated heterocycles. The van der Waals surface area contributed by atoms with Crippen molar-refractivity contribution in [1.29, 1.82) is 0 Å². The molecule has 1 aliphatic heterocycles. The number of carbonyl (C=O) groups is 1. The van der Waals surface area contributed by atoms with Gasteiger partial charge in [-0.3, -0.25) is 9.69 Å². The number of hydrogen-bond acceptors (Lipinski definition) is 4. The molecule has 2 aromatic rings. The second kappa shape index (κ2) is 7.64. The quantitative estimate of drug-likeness (QED) is 0.841. The summed E-state index contributed by atoms with van der Waals surface area (Å²) in [7, 11) is 0. The minimum atomic E-state index is -2.40. The first-order valence-electron chi connectivity index (χ1n) is 8.00. The maximum atomic E-state index is 14.2. The highest BCUT2D eigenvalue weighted by Gasteiger charge is 2.24. The number of halogens is 3. The van der Waals surface area contributed by atoms with Crippen molar-refractivity contribution >= 4 is 5.91 Å². The van der Waals surface area contributed by atoms with Crippen LogP contribution >= 0.6 is 0 Å². The summed E-state index contributed by atoms with van der Waals surface area (Å²) in [5, 5.41) is 7.51. The van der Waals surface area contributed by atoms with Crippen molar-refractivity contribution in [2.75, 3.05) is 32.7 Å². The maximum absolute atomic E-state index is 14.2. The molecule has 0 atom stereocenters. The Morgan fingerprint density at radius 3 is 2.76 bits per heavy atom. The summed E-state index contributed by atoms with van der Waals surface area (Å²) in [6.07, 6.45) is 1.24. The number of nitrogens with zero attached hydrogens (tertiary/aromatic N) is 5. The van der Waals surface area contributed by atoms with Crippen molar-refractivity contribution in [2.45, 2.75) is 12.8 Å². The molecule has 0 radical (unpaired) electrons. The van der Waals surface area contributed by atoms with Crippen molar-refractivity contribution in [3.8, 4) is 5.69 Å². The van der Waals surface area contributed by atoms with E-state index in [0.29, 0.717) is 38.3 Å². The second-order valence-corrected chi connectivity index (χ2v) is 5.85. The molecule has 1 amide bonds. The molecule has 3 rings (SSSR count). The summed E-state index contributed by atoms with van der Waals surface area (Å²) in [4.78, 5) is 15.8. The highest BCUT2D eigenvalue weighted by Crippen LogP contribution is 2.17. The SMILES string of the molecule is O=C(c1cc(-n2ccnn2)ccc1F)N1CCCN(CC(F)F)CC1. The zero-order valence-electron chi connectivity index (χ0n) is 13.5. The molecule has 1 aromatic heterocycles. The molecule has 1 fully saturated rings. The Morgan fingerprint density at radius 2 is 2.04 bits per heavy atom. The lowest BCUT2D eigenvalue weighted by atomic mass is 10.1. The van der Waals surface area contributed by atoms with E-state index in [4.69, 9.17) is 0 Å². The first kappa shape index (κ1) is 17.4. The van der Waals surface area contributed by atoms with Crippen LogP contribution < -0.4 is 0 Å². The summed E-state index contributed by atoms with van der Waals surface area (Å²) in [5.41, 5.74) is 0.465. The third-order valence-corrected chi connectivity index (χ3v) is 4.14. The van der Waals surface area contributed by atoms with Crippen LogP contribution in [0.15, 0.2) is 30.6 Å². The smallest absolute Gasteiger partial charge is 0.256 e. The lowest BCUT2D eigenvalue weighted by molar-refractivity contribution is 0.0738. The number of alkyl halides is 2. The Bertz CT molecular complexity index is 723. The predicted molar refractivity (Wildman–Crippen MR) is 84.3 cm³/mol. The highest BCUT2D eigenvalue weighted by atomic mass is 19.3. The monoisotopic (exact) mass is 353 g/mol. The van der Waals surface area contributed by atoms with Crippen LogP contribution in [0.2, 0.25) is 0 Å². The molecule has 0 bridgehead atoms. The minimum absolute atomic E-state index is 0.0599. The van der Waals surface area contributed by atoms with Crippen molar-refractivity contribution in [3.63, 3.8) is 0 Å². The second-order valence-electron chi connectivity index (χ2n) is 5.85. The summed E-state index contributed by atoms with van der Waals surface area (Å²) < 4.78 is 40.6. The Balaban J connectivity index is 1.75. The fraction of sp³-hybridized carbons (Fsp3) is 0.438. The van der Waals surface area contributed by atoms with Gasteiger partial charge in [-0.1, -0.05) is 5.21 Å². The van der Waals surface area contributed by atoms with Crippen LogP contribution in [0.1, 0.15) is 16.8 Å². The maximum Gasteiger partial charge on any atom is 0.256 e. The summed E-state index contributed by atoms with van der Waals surface area (Å²) in [6, 6.07) is 4.15. The number of benzene rings is 1. The molecule has 25 heavy (non-hydrogen) atoms. The van der Waals surface area contributed by atoms with E-state index in [0.717, 1.165) is 0 Å². The van der Waals surface area contributed by atoms with Crippen molar-refractivity contribution in [2.24, 2.45) is 0 Å². The normalized spacial score (nSPS) is 16.2. The highest BCUT2D eigenvalue weighted by molar-refractivity contribution is 5.95. The van der Waals surface area contributed by atoms with Gasteiger partial charge in [-0.15, -0.1) is 5.10 Å². The van der Waals surface area contributed by atoms with Gasteiger partial charge in [-0.25, -0.2) is 17.9 Å². The molecule has 134 valence electrons. The van der Waals surface area contributed by atoms with E-state index in [1.807, 2.05) is 0 Å². The fourth-order valence-electron chi connectivity index (χ4n) is 2.89. The molecule has 0 N–H and O–H groups in total. The van der Waals surface area contributed by atoms with Gasteiger partial charge in [0.2, 0.25) is 0 Å².